The lowest BCUT2D eigenvalue weighted by Crippen LogP contribution is -2.52. The van der Waals surface area contributed by atoms with Gasteiger partial charge in [0.2, 0.25) is 0 Å². The van der Waals surface area contributed by atoms with Gasteiger partial charge in [-0.3, -0.25) is 4.90 Å². The zero-order valence-corrected chi connectivity index (χ0v) is 17.7. The van der Waals surface area contributed by atoms with Crippen LogP contribution in [0.1, 0.15) is 29.7 Å². The van der Waals surface area contributed by atoms with E-state index in [1.807, 2.05) is 19.9 Å². The average Bonchev–Trinajstić information content (AvgIpc) is 3.29. The van der Waals surface area contributed by atoms with Crippen molar-refractivity contribution in [1.29, 1.82) is 0 Å². The summed E-state index contributed by atoms with van der Waals surface area (Å²) < 4.78 is 24.6. The normalized spacial score (nSPS) is 15.9. The van der Waals surface area contributed by atoms with Crippen LogP contribution in [0, 0.1) is 19.7 Å². The van der Waals surface area contributed by atoms with Crippen molar-refractivity contribution in [1.82, 2.24) is 20.3 Å². The van der Waals surface area contributed by atoms with Gasteiger partial charge in [0.25, 0.3) is 0 Å². The standard InChI is InChI=1S/C22H28FN5O2/c1-4-24-22(25-13-21-16(3)19-12-17(23)5-6-20(19)29-21)28-9-7-27(8-10-28)14-18-11-15(2)30-26-18/h5-6,11-12H,4,7-10,13-14H2,1-3H3,(H,24,25). The molecule has 8 heteroatoms. The minimum Gasteiger partial charge on any atom is -0.459 e. The highest BCUT2D eigenvalue weighted by atomic mass is 19.1. The zero-order chi connectivity index (χ0) is 21.1. The molecule has 0 radical (unpaired) electrons. The molecule has 0 atom stereocenters. The third-order valence-corrected chi connectivity index (χ3v) is 5.44. The SMILES string of the molecule is CCNC(=NCc1oc2ccc(F)cc2c1C)N1CCN(Cc2cc(C)on2)CC1. The van der Waals surface area contributed by atoms with Crippen molar-refractivity contribution in [2.45, 2.75) is 33.9 Å². The lowest BCUT2D eigenvalue weighted by atomic mass is 10.1. The molecule has 0 bridgehead atoms. The molecule has 0 saturated carbocycles. The van der Waals surface area contributed by atoms with Crippen molar-refractivity contribution < 1.29 is 13.3 Å². The van der Waals surface area contributed by atoms with Crippen LogP contribution in [-0.4, -0.2) is 53.6 Å². The molecule has 30 heavy (non-hydrogen) atoms. The quantitative estimate of drug-likeness (QED) is 0.510. The van der Waals surface area contributed by atoms with Crippen molar-refractivity contribution in [2.24, 2.45) is 4.99 Å². The molecule has 0 amide bonds. The third-order valence-electron chi connectivity index (χ3n) is 5.44. The number of piperazine rings is 1. The molecule has 3 heterocycles. The maximum Gasteiger partial charge on any atom is 0.194 e. The fourth-order valence-electron chi connectivity index (χ4n) is 3.81. The molecule has 1 aliphatic heterocycles. The Balaban J connectivity index is 1.41. The molecule has 160 valence electrons. The Hall–Kier alpha value is -2.87. The van der Waals surface area contributed by atoms with Crippen LogP contribution in [0.5, 0.6) is 0 Å². The summed E-state index contributed by atoms with van der Waals surface area (Å²) in [5.41, 5.74) is 2.61. The summed E-state index contributed by atoms with van der Waals surface area (Å²) in [4.78, 5) is 9.44. The topological polar surface area (TPSA) is 70.0 Å². The number of hydrogen-bond donors (Lipinski definition) is 1. The number of aryl methyl sites for hydroxylation is 2. The van der Waals surface area contributed by atoms with Gasteiger partial charge in [0.1, 0.15) is 29.5 Å². The average molecular weight is 413 g/mol. The predicted molar refractivity (Wildman–Crippen MR) is 114 cm³/mol. The minimum atomic E-state index is -0.256. The number of guanidine groups is 1. The van der Waals surface area contributed by atoms with E-state index >= 15 is 0 Å². The van der Waals surface area contributed by atoms with E-state index in [1.54, 1.807) is 6.07 Å². The van der Waals surface area contributed by atoms with E-state index in [-0.39, 0.29) is 5.82 Å². The van der Waals surface area contributed by atoms with Crippen LogP contribution in [0.4, 0.5) is 4.39 Å². The van der Waals surface area contributed by atoms with Gasteiger partial charge in [0.05, 0.1) is 5.69 Å². The Morgan fingerprint density at radius 2 is 2.00 bits per heavy atom. The van der Waals surface area contributed by atoms with E-state index in [1.165, 1.54) is 12.1 Å². The molecule has 1 fully saturated rings. The second kappa shape index (κ2) is 8.87. The van der Waals surface area contributed by atoms with E-state index in [4.69, 9.17) is 13.9 Å². The number of aromatic nitrogens is 1. The van der Waals surface area contributed by atoms with Crippen LogP contribution in [0.15, 0.2) is 38.2 Å². The second-order valence-electron chi connectivity index (χ2n) is 7.65. The molecule has 1 aromatic carbocycles. The second-order valence-corrected chi connectivity index (χ2v) is 7.65. The van der Waals surface area contributed by atoms with Crippen molar-refractivity contribution in [2.75, 3.05) is 32.7 Å². The Kier molecular flexibility index (Phi) is 6.03. The largest absolute Gasteiger partial charge is 0.459 e. The summed E-state index contributed by atoms with van der Waals surface area (Å²) in [7, 11) is 0. The fourth-order valence-corrected chi connectivity index (χ4v) is 3.81. The van der Waals surface area contributed by atoms with Crippen LogP contribution < -0.4 is 5.32 Å². The molecule has 2 aromatic heterocycles. The summed E-state index contributed by atoms with van der Waals surface area (Å²) in [6, 6.07) is 6.59. The van der Waals surface area contributed by atoms with Crippen molar-refractivity contribution >= 4 is 16.9 Å². The minimum absolute atomic E-state index is 0.256. The van der Waals surface area contributed by atoms with Crippen LogP contribution in [-0.2, 0) is 13.1 Å². The highest BCUT2D eigenvalue weighted by Crippen LogP contribution is 2.26. The first-order valence-electron chi connectivity index (χ1n) is 10.4. The summed E-state index contributed by atoms with van der Waals surface area (Å²) in [5, 5.41) is 8.28. The Morgan fingerprint density at radius 3 is 2.70 bits per heavy atom. The molecule has 0 unspecified atom stereocenters. The molecule has 0 aliphatic carbocycles. The summed E-state index contributed by atoms with van der Waals surface area (Å²) in [5.74, 6) is 2.23. The highest BCUT2D eigenvalue weighted by molar-refractivity contribution is 5.83. The van der Waals surface area contributed by atoms with E-state index in [9.17, 15) is 4.39 Å². The summed E-state index contributed by atoms with van der Waals surface area (Å²) >= 11 is 0. The Bertz CT molecular complexity index is 1030. The van der Waals surface area contributed by atoms with Crippen LogP contribution in [0.3, 0.4) is 0 Å². The van der Waals surface area contributed by atoms with Gasteiger partial charge in [-0.2, -0.15) is 0 Å². The van der Waals surface area contributed by atoms with Crippen molar-refractivity contribution in [3.05, 3.63) is 52.9 Å². The van der Waals surface area contributed by atoms with Gasteiger partial charge in [0.15, 0.2) is 5.96 Å². The number of rotatable bonds is 5. The predicted octanol–water partition coefficient (Wildman–Crippen LogP) is 3.46. The molecule has 7 nitrogen and oxygen atoms in total. The summed E-state index contributed by atoms with van der Waals surface area (Å²) in [6.45, 7) is 11.6. The molecule has 4 rings (SSSR count). The number of furan rings is 1. The van der Waals surface area contributed by atoms with E-state index in [0.29, 0.717) is 12.1 Å². The number of aliphatic imine (C=N–C) groups is 1. The van der Waals surface area contributed by atoms with Crippen LogP contribution >= 0.6 is 0 Å². The molecular formula is C22H28FN5O2. The first-order valence-corrected chi connectivity index (χ1v) is 10.4. The smallest absolute Gasteiger partial charge is 0.194 e. The molecule has 1 N–H and O–H groups in total. The lowest BCUT2D eigenvalue weighted by molar-refractivity contribution is 0.169. The molecule has 1 aliphatic rings. The number of fused-ring (bicyclic) bond motifs is 1. The van der Waals surface area contributed by atoms with E-state index < -0.39 is 0 Å². The maximum absolute atomic E-state index is 13.6. The number of nitrogens with one attached hydrogen (secondary N) is 1. The molecular weight excluding hydrogens is 385 g/mol. The lowest BCUT2D eigenvalue weighted by Gasteiger charge is -2.36. The van der Waals surface area contributed by atoms with Gasteiger partial charge in [-0.05, 0) is 39.0 Å². The first kappa shape index (κ1) is 20.4. The number of nitrogens with zero attached hydrogens (tertiary/aromatic N) is 4. The number of halogens is 1. The Morgan fingerprint density at radius 1 is 1.20 bits per heavy atom. The van der Waals surface area contributed by atoms with Gasteiger partial charge in [0, 0.05) is 56.3 Å². The fraction of sp³-hybridized carbons (Fsp3) is 0.455. The zero-order valence-electron chi connectivity index (χ0n) is 17.7. The van der Waals surface area contributed by atoms with Crippen LogP contribution in [0.2, 0.25) is 0 Å². The van der Waals surface area contributed by atoms with Gasteiger partial charge in [-0.1, -0.05) is 5.16 Å². The molecule has 3 aromatic rings. The summed E-state index contributed by atoms with van der Waals surface area (Å²) in [6.07, 6.45) is 0. The maximum atomic E-state index is 13.6. The molecule has 0 spiro atoms. The monoisotopic (exact) mass is 413 g/mol. The third kappa shape index (κ3) is 4.48. The Labute approximate surface area is 175 Å². The number of hydrogen-bond acceptors (Lipinski definition) is 5. The van der Waals surface area contributed by atoms with Crippen molar-refractivity contribution in [3.63, 3.8) is 0 Å². The van der Waals surface area contributed by atoms with Gasteiger partial charge in [-0.15, -0.1) is 0 Å². The first-order chi connectivity index (χ1) is 14.5. The highest BCUT2D eigenvalue weighted by Gasteiger charge is 2.21. The van der Waals surface area contributed by atoms with Crippen LogP contribution in [0.25, 0.3) is 11.0 Å². The van der Waals surface area contributed by atoms with Gasteiger partial charge in [-0.25, -0.2) is 9.38 Å². The number of benzene rings is 1. The van der Waals surface area contributed by atoms with Crippen molar-refractivity contribution in [3.8, 4) is 0 Å². The van der Waals surface area contributed by atoms with E-state index in [0.717, 1.165) is 73.4 Å². The molecule has 1 saturated heterocycles. The van der Waals surface area contributed by atoms with E-state index in [2.05, 4.69) is 27.2 Å². The van der Waals surface area contributed by atoms with Gasteiger partial charge >= 0.3 is 0 Å². The van der Waals surface area contributed by atoms with Gasteiger partial charge < -0.3 is 19.2 Å².